The average molecular weight is 466 g/mol. The smallest absolute Gasteiger partial charge is 0.313 e. The summed E-state index contributed by atoms with van der Waals surface area (Å²) >= 11 is 0. The number of halogens is 1. The molecule has 3 rings (SSSR count). The van der Waals surface area contributed by atoms with Crippen molar-refractivity contribution in [3.05, 3.63) is 47.3 Å². The molecular weight excluding hydrogens is 433 g/mol. The van der Waals surface area contributed by atoms with E-state index in [1.54, 1.807) is 17.3 Å². The van der Waals surface area contributed by atoms with E-state index in [2.05, 4.69) is 15.2 Å². The minimum atomic E-state index is -3.14. The van der Waals surface area contributed by atoms with Gasteiger partial charge in [0.15, 0.2) is 0 Å². The maximum absolute atomic E-state index is 14.5. The molecule has 0 saturated carbocycles. The number of benzene rings is 1. The standard InChI is InChI=1S/C22H32FN5O3S/c1-3-32(30,31)28-11-9-27(10-12-28)8-4-5-18-13-19(15-20(23)14-18)22(26-21(24)29)7-6-17(2)25-16-22/h6-7,13-15H,3-5,8-12,16H2,1-2H3,(H3,24,26,29). The number of dihydropyridines is 1. The Bertz CT molecular complexity index is 1000. The van der Waals surface area contributed by atoms with E-state index in [4.69, 9.17) is 5.73 Å². The average Bonchev–Trinajstić information content (AvgIpc) is 2.75. The van der Waals surface area contributed by atoms with Crippen LogP contribution in [0.15, 0.2) is 35.3 Å². The predicted octanol–water partition coefficient (Wildman–Crippen LogP) is 1.62. The van der Waals surface area contributed by atoms with Gasteiger partial charge in [0.05, 0.1) is 12.3 Å². The summed E-state index contributed by atoms with van der Waals surface area (Å²) in [6, 6.07) is 4.12. The monoisotopic (exact) mass is 465 g/mol. The highest BCUT2D eigenvalue weighted by molar-refractivity contribution is 7.89. The fourth-order valence-electron chi connectivity index (χ4n) is 4.15. The van der Waals surface area contributed by atoms with Gasteiger partial charge in [-0.15, -0.1) is 0 Å². The zero-order valence-electron chi connectivity index (χ0n) is 18.7. The maximum atomic E-state index is 14.5. The summed E-state index contributed by atoms with van der Waals surface area (Å²) in [6.45, 7) is 6.99. The lowest BCUT2D eigenvalue weighted by Gasteiger charge is -2.34. The summed E-state index contributed by atoms with van der Waals surface area (Å²) in [6.07, 6.45) is 5.08. The van der Waals surface area contributed by atoms with Crippen LogP contribution >= 0.6 is 0 Å². The third kappa shape index (κ3) is 5.93. The highest BCUT2D eigenvalue weighted by Gasteiger charge is 2.33. The summed E-state index contributed by atoms with van der Waals surface area (Å²) in [5.74, 6) is -0.248. The lowest BCUT2D eigenvalue weighted by molar-refractivity contribution is 0.187. The molecule has 8 nitrogen and oxygen atoms in total. The molecule has 2 aliphatic heterocycles. The number of sulfonamides is 1. The number of piperazine rings is 1. The fraction of sp³-hybridized carbons (Fsp3) is 0.545. The van der Waals surface area contributed by atoms with E-state index in [1.165, 1.54) is 12.1 Å². The van der Waals surface area contributed by atoms with Crippen LogP contribution in [0.4, 0.5) is 9.18 Å². The summed E-state index contributed by atoms with van der Waals surface area (Å²) in [4.78, 5) is 18.3. The molecule has 1 aromatic rings. The second-order valence-corrected chi connectivity index (χ2v) is 10.6. The first kappa shape index (κ1) is 24.3. The second-order valence-electron chi connectivity index (χ2n) is 8.34. The maximum Gasteiger partial charge on any atom is 0.313 e. The molecule has 32 heavy (non-hydrogen) atoms. The number of nitrogens with two attached hydrogens (primary N) is 1. The van der Waals surface area contributed by atoms with Gasteiger partial charge < -0.3 is 16.0 Å². The molecule has 0 aromatic heterocycles. The van der Waals surface area contributed by atoms with E-state index in [9.17, 15) is 17.6 Å². The Balaban J connectivity index is 1.63. The van der Waals surface area contributed by atoms with Crippen molar-refractivity contribution in [3.63, 3.8) is 0 Å². The minimum Gasteiger partial charge on any atom is -0.352 e. The van der Waals surface area contributed by atoms with Gasteiger partial charge in [-0.25, -0.2) is 17.6 Å². The van der Waals surface area contributed by atoms with Crippen LogP contribution < -0.4 is 11.1 Å². The van der Waals surface area contributed by atoms with Crippen molar-refractivity contribution in [1.29, 1.82) is 0 Å². The quantitative estimate of drug-likeness (QED) is 0.608. The third-order valence-electron chi connectivity index (χ3n) is 6.04. The van der Waals surface area contributed by atoms with Crippen LogP contribution in [0, 0.1) is 5.82 Å². The molecule has 1 unspecified atom stereocenters. The molecule has 176 valence electrons. The predicted molar refractivity (Wildman–Crippen MR) is 124 cm³/mol. The van der Waals surface area contributed by atoms with E-state index in [-0.39, 0.29) is 18.1 Å². The number of urea groups is 1. The topological polar surface area (TPSA) is 108 Å². The number of carbonyl (C=O) groups excluding carboxylic acids is 1. The fourth-order valence-corrected chi connectivity index (χ4v) is 5.24. The van der Waals surface area contributed by atoms with Crippen LogP contribution in [-0.2, 0) is 22.0 Å². The highest BCUT2D eigenvalue weighted by Crippen LogP contribution is 2.28. The number of nitrogens with zero attached hydrogens (tertiary/aromatic N) is 3. The molecule has 1 aromatic carbocycles. The van der Waals surface area contributed by atoms with Gasteiger partial charge in [0.1, 0.15) is 11.4 Å². The number of carbonyl (C=O) groups is 1. The Morgan fingerprint density at radius 1 is 1.25 bits per heavy atom. The highest BCUT2D eigenvalue weighted by atomic mass is 32.2. The Morgan fingerprint density at radius 3 is 2.56 bits per heavy atom. The zero-order valence-corrected chi connectivity index (χ0v) is 19.5. The first-order chi connectivity index (χ1) is 15.1. The van der Waals surface area contributed by atoms with Crippen molar-refractivity contribution in [1.82, 2.24) is 14.5 Å². The van der Waals surface area contributed by atoms with Gasteiger partial charge >= 0.3 is 6.03 Å². The third-order valence-corrected chi connectivity index (χ3v) is 7.92. The lowest BCUT2D eigenvalue weighted by atomic mass is 9.86. The van der Waals surface area contributed by atoms with Gasteiger partial charge in [-0.3, -0.25) is 4.99 Å². The van der Waals surface area contributed by atoms with Gasteiger partial charge in [0, 0.05) is 31.9 Å². The number of allylic oxidation sites excluding steroid dienone is 1. The van der Waals surface area contributed by atoms with Crippen LogP contribution in [0.25, 0.3) is 0 Å². The summed E-state index contributed by atoms with van der Waals surface area (Å²) in [7, 11) is -3.14. The first-order valence-electron chi connectivity index (χ1n) is 10.9. The second kappa shape index (κ2) is 10.1. The summed E-state index contributed by atoms with van der Waals surface area (Å²) < 4.78 is 40.0. The van der Waals surface area contributed by atoms with Gasteiger partial charge in [-0.1, -0.05) is 12.1 Å². The minimum absolute atomic E-state index is 0.126. The van der Waals surface area contributed by atoms with E-state index >= 15 is 0 Å². The number of hydrogen-bond donors (Lipinski definition) is 2. The summed E-state index contributed by atoms with van der Waals surface area (Å²) in [5, 5.41) is 2.73. The van der Waals surface area contributed by atoms with Gasteiger partial charge in [0.25, 0.3) is 0 Å². The lowest BCUT2D eigenvalue weighted by Crippen LogP contribution is -2.50. The van der Waals surface area contributed by atoms with E-state index in [0.29, 0.717) is 38.2 Å². The van der Waals surface area contributed by atoms with Gasteiger partial charge in [-0.05, 0) is 62.6 Å². The van der Waals surface area contributed by atoms with Crippen molar-refractivity contribution in [3.8, 4) is 0 Å². The number of aliphatic imine (C=N–C) groups is 1. The van der Waals surface area contributed by atoms with Crippen LogP contribution in [0.5, 0.6) is 0 Å². The SMILES string of the molecule is CCS(=O)(=O)N1CCN(CCCc2cc(F)cc(C3(NC(N)=O)C=CC(C)=NC3)c2)CC1. The van der Waals surface area contributed by atoms with Crippen molar-refractivity contribution in [2.45, 2.75) is 32.2 Å². The first-order valence-corrected chi connectivity index (χ1v) is 12.5. The van der Waals surface area contributed by atoms with Crippen LogP contribution in [0.2, 0.25) is 0 Å². The zero-order chi connectivity index (χ0) is 23.4. The van der Waals surface area contributed by atoms with Crippen LogP contribution in [-0.4, -0.2) is 74.4 Å². The van der Waals surface area contributed by atoms with Crippen molar-refractivity contribution in [2.75, 3.05) is 45.0 Å². The Morgan fingerprint density at radius 2 is 1.97 bits per heavy atom. The Kier molecular flexibility index (Phi) is 7.68. The number of primary amides is 1. The van der Waals surface area contributed by atoms with E-state index in [1.807, 2.05) is 19.1 Å². The summed E-state index contributed by atoms with van der Waals surface area (Å²) in [5.41, 5.74) is 6.69. The Hall–Kier alpha value is -2.30. The molecule has 3 N–H and O–H groups in total. The normalized spacial score (nSPS) is 22.5. The number of nitrogens with one attached hydrogen (secondary N) is 1. The molecule has 10 heteroatoms. The molecule has 1 saturated heterocycles. The number of amides is 2. The van der Waals surface area contributed by atoms with Crippen molar-refractivity contribution in [2.24, 2.45) is 10.7 Å². The largest absolute Gasteiger partial charge is 0.352 e. The molecular formula is C22H32FN5O3S. The van der Waals surface area contributed by atoms with E-state index in [0.717, 1.165) is 24.2 Å². The number of rotatable bonds is 8. The Labute approximate surface area is 189 Å². The molecule has 1 fully saturated rings. The molecule has 0 bridgehead atoms. The van der Waals surface area contributed by atoms with Crippen molar-refractivity contribution >= 4 is 21.8 Å². The van der Waals surface area contributed by atoms with Crippen molar-refractivity contribution < 1.29 is 17.6 Å². The molecule has 2 heterocycles. The number of aryl methyl sites for hydroxylation is 1. The van der Waals surface area contributed by atoms with Gasteiger partial charge in [-0.2, -0.15) is 4.31 Å². The molecule has 1 atom stereocenters. The molecule has 0 aliphatic carbocycles. The van der Waals surface area contributed by atoms with E-state index < -0.39 is 21.6 Å². The van der Waals surface area contributed by atoms with Gasteiger partial charge in [0.2, 0.25) is 10.0 Å². The van der Waals surface area contributed by atoms with Crippen LogP contribution in [0.1, 0.15) is 31.4 Å². The molecule has 2 amide bonds. The molecule has 0 spiro atoms. The molecule has 2 aliphatic rings. The molecule has 0 radical (unpaired) electrons. The number of hydrogen-bond acceptors (Lipinski definition) is 5. The van der Waals surface area contributed by atoms with Crippen LogP contribution in [0.3, 0.4) is 0 Å².